The number of hydrogen-bond acceptors (Lipinski definition) is 3. The summed E-state index contributed by atoms with van der Waals surface area (Å²) in [6.07, 6.45) is 0.256. The predicted octanol–water partition coefficient (Wildman–Crippen LogP) is 1.41. The molecule has 0 saturated carbocycles. The van der Waals surface area contributed by atoms with Gasteiger partial charge in [-0.15, -0.1) is 0 Å². The molecule has 0 unspecified atom stereocenters. The van der Waals surface area contributed by atoms with Crippen molar-refractivity contribution in [3.8, 4) is 5.75 Å². The first-order valence-corrected chi connectivity index (χ1v) is 5.14. The molecule has 0 fully saturated rings. The standard InChI is InChI=1S/C10H12BrNO3/c1-15-9-5-7(11)3-2-6(9)4-8(12)10(13)14/h2-3,5,8H,4,12H2,1H3,(H,13,14)/t8-/m0/s1. The van der Waals surface area contributed by atoms with Crippen LogP contribution in [0.1, 0.15) is 5.56 Å². The Labute approximate surface area is 96.2 Å². The number of methoxy groups -OCH3 is 1. The number of aliphatic carboxylic acids is 1. The fourth-order valence-corrected chi connectivity index (χ4v) is 1.55. The largest absolute Gasteiger partial charge is 0.496 e. The second kappa shape index (κ2) is 5.14. The highest BCUT2D eigenvalue weighted by Gasteiger charge is 2.14. The molecule has 5 heteroatoms. The predicted molar refractivity (Wildman–Crippen MR) is 60.0 cm³/mol. The number of benzene rings is 1. The molecule has 0 radical (unpaired) electrons. The van der Waals surface area contributed by atoms with E-state index < -0.39 is 12.0 Å². The van der Waals surface area contributed by atoms with Crippen molar-refractivity contribution in [2.45, 2.75) is 12.5 Å². The maximum absolute atomic E-state index is 10.6. The van der Waals surface area contributed by atoms with E-state index >= 15 is 0 Å². The molecular weight excluding hydrogens is 262 g/mol. The van der Waals surface area contributed by atoms with Crippen LogP contribution < -0.4 is 10.5 Å². The number of carbonyl (C=O) groups is 1. The molecule has 0 bridgehead atoms. The first-order valence-electron chi connectivity index (χ1n) is 4.35. The second-order valence-electron chi connectivity index (χ2n) is 3.11. The summed E-state index contributed by atoms with van der Waals surface area (Å²) in [5, 5.41) is 8.69. The summed E-state index contributed by atoms with van der Waals surface area (Å²) in [4.78, 5) is 10.6. The molecule has 0 aromatic heterocycles. The molecule has 0 aliphatic rings. The molecule has 4 nitrogen and oxygen atoms in total. The van der Waals surface area contributed by atoms with Gasteiger partial charge < -0.3 is 15.6 Å². The maximum atomic E-state index is 10.6. The number of hydrogen-bond donors (Lipinski definition) is 2. The van der Waals surface area contributed by atoms with Gasteiger partial charge in [0.25, 0.3) is 0 Å². The van der Waals surface area contributed by atoms with Gasteiger partial charge in [-0.1, -0.05) is 22.0 Å². The molecule has 1 aromatic rings. The van der Waals surface area contributed by atoms with Crippen molar-refractivity contribution in [1.82, 2.24) is 0 Å². The van der Waals surface area contributed by atoms with Gasteiger partial charge in [0.1, 0.15) is 11.8 Å². The van der Waals surface area contributed by atoms with E-state index in [1.807, 2.05) is 6.07 Å². The molecule has 0 amide bonds. The van der Waals surface area contributed by atoms with E-state index in [0.29, 0.717) is 5.75 Å². The average Bonchev–Trinajstić information content (AvgIpc) is 2.20. The minimum absolute atomic E-state index is 0.256. The molecule has 82 valence electrons. The van der Waals surface area contributed by atoms with Crippen LogP contribution in [0.15, 0.2) is 22.7 Å². The van der Waals surface area contributed by atoms with Crippen LogP contribution in [0.3, 0.4) is 0 Å². The SMILES string of the molecule is COc1cc(Br)ccc1C[C@H](N)C(=O)O. The summed E-state index contributed by atoms with van der Waals surface area (Å²) in [5.74, 6) is -0.374. The summed E-state index contributed by atoms with van der Waals surface area (Å²) in [7, 11) is 1.54. The highest BCUT2D eigenvalue weighted by molar-refractivity contribution is 9.10. The van der Waals surface area contributed by atoms with E-state index in [1.165, 1.54) is 7.11 Å². The fourth-order valence-electron chi connectivity index (χ4n) is 1.21. The van der Waals surface area contributed by atoms with E-state index in [1.54, 1.807) is 12.1 Å². The van der Waals surface area contributed by atoms with Crippen LogP contribution in [0.2, 0.25) is 0 Å². The Hall–Kier alpha value is -1.07. The minimum atomic E-state index is -1.01. The lowest BCUT2D eigenvalue weighted by molar-refractivity contribution is -0.138. The van der Waals surface area contributed by atoms with Crippen molar-refractivity contribution in [1.29, 1.82) is 0 Å². The van der Waals surface area contributed by atoms with Gasteiger partial charge in [0.15, 0.2) is 0 Å². The molecule has 0 spiro atoms. The molecule has 0 heterocycles. The van der Waals surface area contributed by atoms with Gasteiger partial charge >= 0.3 is 5.97 Å². The molecule has 15 heavy (non-hydrogen) atoms. The van der Waals surface area contributed by atoms with E-state index in [-0.39, 0.29) is 6.42 Å². The van der Waals surface area contributed by atoms with E-state index in [4.69, 9.17) is 15.6 Å². The smallest absolute Gasteiger partial charge is 0.320 e. The Balaban J connectivity index is 2.89. The summed E-state index contributed by atoms with van der Waals surface area (Å²) >= 11 is 3.30. The molecule has 1 atom stereocenters. The monoisotopic (exact) mass is 273 g/mol. The lowest BCUT2D eigenvalue weighted by Crippen LogP contribution is -2.32. The lowest BCUT2D eigenvalue weighted by atomic mass is 10.1. The number of halogens is 1. The zero-order valence-corrected chi connectivity index (χ0v) is 9.82. The van der Waals surface area contributed by atoms with Crippen molar-refractivity contribution in [2.24, 2.45) is 5.73 Å². The number of nitrogens with two attached hydrogens (primary N) is 1. The van der Waals surface area contributed by atoms with Crippen LogP contribution in [0, 0.1) is 0 Å². The summed E-state index contributed by atoms with van der Waals surface area (Å²) < 4.78 is 6.01. The van der Waals surface area contributed by atoms with Gasteiger partial charge in [-0.2, -0.15) is 0 Å². The third kappa shape index (κ3) is 3.21. The highest BCUT2D eigenvalue weighted by Crippen LogP contribution is 2.24. The first kappa shape index (κ1) is 12.0. The number of rotatable bonds is 4. The second-order valence-corrected chi connectivity index (χ2v) is 4.02. The van der Waals surface area contributed by atoms with Gasteiger partial charge in [-0.3, -0.25) is 4.79 Å². The maximum Gasteiger partial charge on any atom is 0.320 e. The molecule has 0 aliphatic carbocycles. The van der Waals surface area contributed by atoms with E-state index in [2.05, 4.69) is 15.9 Å². The third-order valence-electron chi connectivity index (χ3n) is 2.01. The van der Waals surface area contributed by atoms with Crippen LogP contribution >= 0.6 is 15.9 Å². The highest BCUT2D eigenvalue weighted by atomic mass is 79.9. The van der Waals surface area contributed by atoms with E-state index in [9.17, 15) is 4.79 Å². The van der Waals surface area contributed by atoms with Crippen molar-refractivity contribution in [2.75, 3.05) is 7.11 Å². The Morgan fingerprint density at radius 1 is 1.67 bits per heavy atom. The van der Waals surface area contributed by atoms with Gasteiger partial charge in [0.2, 0.25) is 0 Å². The van der Waals surface area contributed by atoms with Crippen molar-refractivity contribution in [3.63, 3.8) is 0 Å². The molecule has 0 aliphatic heterocycles. The van der Waals surface area contributed by atoms with E-state index in [0.717, 1.165) is 10.0 Å². The van der Waals surface area contributed by atoms with Crippen molar-refractivity contribution >= 4 is 21.9 Å². The Morgan fingerprint density at radius 2 is 2.33 bits per heavy atom. The van der Waals surface area contributed by atoms with Gasteiger partial charge in [-0.05, 0) is 17.7 Å². The van der Waals surface area contributed by atoms with Crippen LogP contribution in [0.4, 0.5) is 0 Å². The minimum Gasteiger partial charge on any atom is -0.496 e. The summed E-state index contributed by atoms with van der Waals surface area (Å²) in [6, 6.07) is 4.50. The number of ether oxygens (including phenoxy) is 1. The topological polar surface area (TPSA) is 72.5 Å². The van der Waals surface area contributed by atoms with Crippen LogP contribution in [0.25, 0.3) is 0 Å². The Morgan fingerprint density at radius 3 is 2.87 bits per heavy atom. The first-order chi connectivity index (χ1) is 7.04. The average molecular weight is 274 g/mol. The molecule has 1 rings (SSSR count). The number of carboxylic acids is 1. The van der Waals surface area contributed by atoms with Crippen molar-refractivity contribution in [3.05, 3.63) is 28.2 Å². The summed E-state index contributed by atoms with van der Waals surface area (Å²) in [6.45, 7) is 0. The van der Waals surface area contributed by atoms with Crippen LogP contribution in [-0.2, 0) is 11.2 Å². The van der Waals surface area contributed by atoms with Gasteiger partial charge in [0.05, 0.1) is 7.11 Å². The Kier molecular flexibility index (Phi) is 4.11. The van der Waals surface area contributed by atoms with Crippen molar-refractivity contribution < 1.29 is 14.6 Å². The Bertz CT molecular complexity index is 368. The fraction of sp³-hybridized carbons (Fsp3) is 0.300. The molecule has 1 aromatic carbocycles. The lowest BCUT2D eigenvalue weighted by Gasteiger charge is -2.11. The summed E-state index contributed by atoms with van der Waals surface area (Å²) in [5.41, 5.74) is 6.23. The zero-order valence-electron chi connectivity index (χ0n) is 8.24. The molecular formula is C10H12BrNO3. The van der Waals surface area contributed by atoms with Crippen LogP contribution in [0.5, 0.6) is 5.75 Å². The quantitative estimate of drug-likeness (QED) is 0.870. The third-order valence-corrected chi connectivity index (χ3v) is 2.50. The van der Waals surface area contributed by atoms with Crippen LogP contribution in [-0.4, -0.2) is 24.2 Å². The number of carboxylic acid groups (broad SMARTS) is 1. The zero-order chi connectivity index (χ0) is 11.4. The molecule has 0 saturated heterocycles. The van der Waals surface area contributed by atoms with Gasteiger partial charge in [-0.25, -0.2) is 0 Å². The van der Waals surface area contributed by atoms with Gasteiger partial charge in [0, 0.05) is 10.9 Å². The molecule has 3 N–H and O–H groups in total. The normalized spacial score (nSPS) is 12.2.